The number of aromatic nitrogens is 2. The molecule has 0 bridgehead atoms. The summed E-state index contributed by atoms with van der Waals surface area (Å²) in [6.07, 6.45) is -0.826. The van der Waals surface area contributed by atoms with E-state index >= 15 is 4.79 Å². The molecule has 12 rings (SSSR count). The van der Waals surface area contributed by atoms with Gasteiger partial charge in [0.05, 0.1) is 100.0 Å². The van der Waals surface area contributed by atoms with Crippen LogP contribution in [0.1, 0.15) is 125 Å². The molecule has 0 atom stereocenters. The molecule has 0 radical (unpaired) electrons. The van der Waals surface area contributed by atoms with Crippen molar-refractivity contribution in [2.45, 2.75) is 141 Å². The number of hydrogen-bond acceptors (Lipinski definition) is 28. The van der Waals surface area contributed by atoms with Gasteiger partial charge >= 0.3 is 438 Å². The SMILES string of the molecule is C[Si](C)(CCCNC(=O)CCCCC(=O)[O-])O[Si-2]123(O[Si](C)(C)CCCNC(=O)C(CCC[N+](CCCS(=O)(=O)[O-])(CCCS(=O)(=O)[O-])CCCS(=O)(=O)[O-])CCC[N+](CCCS(=O)(=O)[O-])(CCCS(=O)(=O)[O-])CCCS(=O)(=O)[O-])n4c5c6ccccc6c4N=C4c6ccccc6C(=[N+]41)N=c1c4ccccc4c(n12)=NC1=[N+]3C(=N5)c2ccccc21. The number of hydrogen-bond donors (Lipinski definition) is 2. The Hall–Kier alpha value is -7.40. The maximum absolute atomic E-state index is 15.6. The van der Waals surface area contributed by atoms with Crippen LogP contribution in [0.2, 0.25) is 38.3 Å². The van der Waals surface area contributed by atoms with Crippen molar-refractivity contribution >= 4 is 159 Å². The number of benzene rings is 4. The Morgan fingerprint density at radius 2 is 0.739 bits per heavy atom. The number of amides is 2. The number of rotatable bonds is 50. The molecule has 0 saturated heterocycles. The Labute approximate surface area is 693 Å². The van der Waals surface area contributed by atoms with Gasteiger partial charge < -0.3 is 37.2 Å². The summed E-state index contributed by atoms with van der Waals surface area (Å²) in [5, 5.41) is 20.4. The Kier molecular flexibility index (Phi) is 26.0. The van der Waals surface area contributed by atoms with E-state index in [-0.39, 0.29) is 176 Å². The van der Waals surface area contributed by atoms with E-state index in [0.717, 1.165) is 0 Å². The van der Waals surface area contributed by atoms with Crippen molar-refractivity contribution in [3.05, 3.63) is 130 Å². The van der Waals surface area contributed by atoms with Crippen molar-refractivity contribution in [3.8, 4) is 0 Å². The van der Waals surface area contributed by atoms with Crippen LogP contribution in [0.3, 0.4) is 0 Å². The van der Waals surface area contributed by atoms with E-state index in [2.05, 4.69) is 53.8 Å². The Bertz CT molecular complexity index is 5590. The molecular formula is C74H99N12O24S6Si3-5. The molecule has 36 nitrogen and oxygen atoms in total. The van der Waals surface area contributed by atoms with E-state index < -0.39 is 137 Å². The number of fused-ring (bicyclic) bond motifs is 12. The van der Waals surface area contributed by atoms with E-state index in [9.17, 15) is 101 Å². The Balaban J connectivity index is 0.964. The molecule has 45 heteroatoms. The van der Waals surface area contributed by atoms with Crippen molar-refractivity contribution in [3.63, 3.8) is 0 Å². The first-order chi connectivity index (χ1) is 55.7. The second-order valence-corrected chi connectivity index (χ2v) is 56.7. The predicted octanol–water partition coefficient (Wildman–Crippen LogP) is 2.51. The first kappa shape index (κ1) is 90.8. The number of aliphatic imine (C=N–C) groups is 2. The van der Waals surface area contributed by atoms with Crippen molar-refractivity contribution < 1.29 is 123 Å². The summed E-state index contributed by atoms with van der Waals surface area (Å²) in [4.78, 5) is 63.5. The van der Waals surface area contributed by atoms with Gasteiger partial charge in [0.1, 0.15) is 0 Å². The molecule has 2 N–H and O–H groups in total. The van der Waals surface area contributed by atoms with Crippen molar-refractivity contribution in [1.82, 2.24) is 19.1 Å². The van der Waals surface area contributed by atoms with Crippen LogP contribution in [0.15, 0.2) is 117 Å². The Morgan fingerprint density at radius 1 is 0.420 bits per heavy atom. The number of quaternary nitrogens is 2. The monoisotopic (exact) mass is 1820 g/mol. The van der Waals surface area contributed by atoms with Crippen molar-refractivity contribution in [2.75, 3.05) is 100.0 Å². The van der Waals surface area contributed by atoms with Crippen LogP contribution in [-0.2, 0) is 83.3 Å². The fourth-order valence-electron chi connectivity index (χ4n) is 19.1. The average Bonchev–Trinajstić information content (AvgIpc) is 1.44. The number of nitrogens with zero attached hydrogens (tertiary/aromatic N) is 10. The number of nitrogens with one attached hydrogen (secondary N) is 2. The second-order valence-electron chi connectivity index (χ2n) is 33.3. The molecule has 119 heavy (non-hydrogen) atoms. The normalized spacial score (nSPS) is 17.0. The molecule has 0 aliphatic carbocycles. The topological polar surface area (TPSA) is 525 Å². The van der Waals surface area contributed by atoms with E-state index in [1.54, 1.807) is 0 Å². The maximum atomic E-state index is 15.6. The molecule has 6 aliphatic rings. The van der Waals surface area contributed by atoms with Gasteiger partial charge in [0, 0.05) is 73.0 Å². The quantitative estimate of drug-likeness (QED) is 0.0240. The fraction of sp³-hybridized carbons (Fsp3) is 0.527. The third-order valence-corrected chi connectivity index (χ3v) is 45.0. The number of carboxylic acid groups (broad SMARTS) is 1. The van der Waals surface area contributed by atoms with Crippen LogP contribution in [-0.4, -0.2) is 269 Å². The summed E-state index contributed by atoms with van der Waals surface area (Å²) < 4.78 is 244. The Morgan fingerprint density at radius 3 is 1.09 bits per heavy atom. The van der Waals surface area contributed by atoms with Crippen molar-refractivity contribution in [2.24, 2.45) is 25.9 Å². The standard InChI is InChI=1S/C74H104N12O24S6Si3/c1-117(2,53-17-37-75-64(87)35-13-14-36-65(88)89)109-119(81-66-56-27-5-6-28-57(56)67(81)78-69-60-31-9-10-32-61(60)71(83(69)119)80-73-63-34-12-11-33-62(63)72(84(73)119)79-70-59-30-8-7-29-58(59)68(77-66)82(70)119)110-118(3,4)54-18-38-76-74(90)55(25-15-39-85(41-19-47-111(91,92)93,42-20-48-112(94,95)96)43-21-49-113(97,98)99)26-16-40-86(44-22-50-114(100,101)102,45-23-51-115(103,104)105)46-24-52-116(106,107)108/h5-12,27-34,55H,13-26,35-54H2,1-4H3,(H7-2,75,76,87,88,89,90,91,92,93,94,95,96,97,98,99,100,101,102,103,104,105,106,107,108)/p-5. The van der Waals surface area contributed by atoms with E-state index in [1.165, 1.54) is 0 Å². The molecule has 4 aromatic carbocycles. The van der Waals surface area contributed by atoms with Gasteiger partial charge in [0.25, 0.3) is 0 Å². The summed E-state index contributed by atoms with van der Waals surface area (Å²) in [5.74, 6) is -5.59. The summed E-state index contributed by atoms with van der Waals surface area (Å²) >= 11 is 0. The first-order valence-corrected chi connectivity index (χ1v) is 58.2. The van der Waals surface area contributed by atoms with Crippen LogP contribution in [0.4, 0.5) is 11.6 Å². The molecule has 652 valence electrons. The minimum absolute atomic E-state index is 0.0242. The zero-order valence-corrected chi connectivity index (χ0v) is 74.5. The van der Waals surface area contributed by atoms with Crippen LogP contribution in [0, 0.1) is 5.92 Å². The third-order valence-electron chi connectivity index (χ3n) is 23.6. The molecule has 0 fully saturated rings. The number of carbonyl (C=O) groups excluding carboxylic acids is 3. The van der Waals surface area contributed by atoms with E-state index in [0.29, 0.717) is 109 Å². The molecule has 0 unspecified atom stereocenters. The van der Waals surface area contributed by atoms with Gasteiger partial charge in [-0.2, -0.15) is 0 Å². The van der Waals surface area contributed by atoms with Gasteiger partial charge in [-0.05, 0) is 0 Å². The summed E-state index contributed by atoms with van der Waals surface area (Å²) in [6.45, 7) is 7.35. The first-order valence-electron chi connectivity index (χ1n) is 39.9. The molecule has 6 aromatic rings. The number of carboxylic acids is 1. The van der Waals surface area contributed by atoms with E-state index in [4.69, 9.17) is 20.0 Å². The third kappa shape index (κ3) is 19.1. The van der Waals surface area contributed by atoms with Crippen LogP contribution in [0.25, 0.3) is 21.5 Å². The number of carbonyl (C=O) groups is 3. The van der Waals surface area contributed by atoms with Crippen LogP contribution in [0.5, 0.6) is 0 Å². The fourth-order valence-corrected chi connectivity index (χ4v) is 44.2. The van der Waals surface area contributed by atoms with Gasteiger partial charge in [-0.15, -0.1) is 0 Å². The van der Waals surface area contributed by atoms with Gasteiger partial charge in [-0.3, -0.25) is 0 Å². The molecule has 8 heterocycles. The zero-order valence-electron chi connectivity index (χ0n) is 66.6. The zero-order chi connectivity index (χ0) is 86.3. The minimum atomic E-state index is -7.36. The van der Waals surface area contributed by atoms with Gasteiger partial charge in [0.15, 0.2) is 0 Å². The summed E-state index contributed by atoms with van der Waals surface area (Å²) in [6, 6.07) is 32.0. The van der Waals surface area contributed by atoms with Gasteiger partial charge in [0.2, 0.25) is 0 Å². The number of unbranched alkanes of at least 4 members (excludes halogenated alkanes) is 1. The number of amidine groups is 4. The average molecular weight is 1820 g/mol. The molecule has 2 amide bonds. The molecule has 2 aromatic heterocycles. The summed E-state index contributed by atoms with van der Waals surface area (Å²) in [5.41, 5.74) is 3.80. The second kappa shape index (κ2) is 34.0. The molecular weight excluding hydrogens is 1720 g/mol. The van der Waals surface area contributed by atoms with Gasteiger partial charge in [-0.1, -0.05) is 0 Å². The van der Waals surface area contributed by atoms with Crippen LogP contribution < -0.4 is 26.7 Å². The van der Waals surface area contributed by atoms with Crippen LogP contribution >= 0.6 is 0 Å². The molecule has 0 saturated carbocycles. The summed E-state index contributed by atoms with van der Waals surface area (Å²) in [7, 11) is -43.9. The molecule has 1 spiro atoms. The predicted molar refractivity (Wildman–Crippen MR) is 439 cm³/mol. The number of aliphatic carboxylic acids is 1. The van der Waals surface area contributed by atoms with E-state index in [1.807, 2.05) is 97.1 Å². The van der Waals surface area contributed by atoms with Gasteiger partial charge in [-0.25, -0.2) is 50.5 Å². The van der Waals surface area contributed by atoms with Crippen molar-refractivity contribution in [1.29, 1.82) is 0 Å². The molecule has 6 aliphatic heterocycles.